The molecule has 8 nitrogen and oxygen atoms in total. The molecule has 0 unspecified atom stereocenters. The van der Waals surface area contributed by atoms with Crippen LogP contribution in [0.4, 0.5) is 5.69 Å². The Balaban J connectivity index is 1.67. The maximum atomic E-state index is 12.3. The summed E-state index contributed by atoms with van der Waals surface area (Å²) in [6.45, 7) is 2.45. The van der Waals surface area contributed by atoms with E-state index in [9.17, 15) is 9.59 Å². The highest BCUT2D eigenvalue weighted by Gasteiger charge is 2.16. The van der Waals surface area contributed by atoms with Crippen LogP contribution in [0.3, 0.4) is 0 Å². The maximum absolute atomic E-state index is 12.3. The molecule has 0 fully saturated rings. The molecule has 0 aromatic heterocycles. The summed E-state index contributed by atoms with van der Waals surface area (Å²) in [5, 5.41) is 6.98. The number of methoxy groups -OCH3 is 1. The van der Waals surface area contributed by atoms with E-state index in [0.717, 1.165) is 5.56 Å². The van der Waals surface area contributed by atoms with E-state index in [2.05, 4.69) is 15.8 Å². The van der Waals surface area contributed by atoms with Crippen molar-refractivity contribution in [3.05, 3.63) is 82.9 Å². The Morgan fingerprint density at radius 2 is 1.68 bits per heavy atom. The number of carbonyl (C=O) groups excluding carboxylic acids is 2. The zero-order valence-electron chi connectivity index (χ0n) is 18.7. The molecule has 0 atom stereocenters. The van der Waals surface area contributed by atoms with Gasteiger partial charge in [0.05, 0.1) is 25.6 Å². The molecule has 0 aliphatic carbocycles. The Morgan fingerprint density at radius 1 is 0.941 bits per heavy atom. The van der Waals surface area contributed by atoms with Crippen molar-refractivity contribution >= 4 is 35.3 Å². The Hall–Kier alpha value is -4.04. The van der Waals surface area contributed by atoms with E-state index in [1.165, 1.54) is 13.3 Å². The quantitative estimate of drug-likeness (QED) is 0.268. The number of carbonyl (C=O) groups is 2. The highest BCUT2D eigenvalue weighted by atomic mass is 35.5. The average Bonchev–Trinajstić information content (AvgIpc) is 2.85. The molecule has 9 heteroatoms. The van der Waals surface area contributed by atoms with Gasteiger partial charge in [0.2, 0.25) is 0 Å². The number of hydrazone groups is 1. The second-order valence-electron chi connectivity index (χ2n) is 6.84. The number of para-hydroxylation sites is 3. The normalized spacial score (nSPS) is 10.6. The highest BCUT2D eigenvalue weighted by molar-refractivity contribution is 6.39. The Bertz CT molecular complexity index is 1180. The summed E-state index contributed by atoms with van der Waals surface area (Å²) in [4.78, 5) is 24.5. The molecule has 0 aliphatic heterocycles. The second kappa shape index (κ2) is 12.3. The maximum Gasteiger partial charge on any atom is 0.329 e. The lowest BCUT2D eigenvalue weighted by molar-refractivity contribution is -0.136. The van der Waals surface area contributed by atoms with Crippen molar-refractivity contribution in [2.75, 3.05) is 19.0 Å². The molecular weight excluding hydrogens is 458 g/mol. The minimum Gasteiger partial charge on any atom is -0.493 e. The van der Waals surface area contributed by atoms with Crippen LogP contribution >= 0.6 is 11.6 Å². The molecule has 3 aromatic rings. The van der Waals surface area contributed by atoms with E-state index in [4.69, 9.17) is 25.8 Å². The van der Waals surface area contributed by atoms with Gasteiger partial charge >= 0.3 is 11.8 Å². The van der Waals surface area contributed by atoms with Crippen molar-refractivity contribution in [1.82, 2.24) is 5.43 Å². The smallest absolute Gasteiger partial charge is 0.329 e. The summed E-state index contributed by atoms with van der Waals surface area (Å²) in [5.74, 6) is -0.467. The Labute approximate surface area is 202 Å². The molecule has 0 heterocycles. The van der Waals surface area contributed by atoms with Crippen molar-refractivity contribution in [3.8, 4) is 17.2 Å². The van der Waals surface area contributed by atoms with Gasteiger partial charge in [0.1, 0.15) is 12.4 Å². The summed E-state index contributed by atoms with van der Waals surface area (Å²) in [6.07, 6.45) is 1.36. The molecule has 3 rings (SSSR count). The fraction of sp³-hybridized carbons (Fsp3) is 0.160. The van der Waals surface area contributed by atoms with Gasteiger partial charge in [-0.1, -0.05) is 48.0 Å². The number of anilines is 1. The number of nitrogens with one attached hydrogen (secondary N) is 2. The van der Waals surface area contributed by atoms with Gasteiger partial charge in [-0.15, -0.1) is 0 Å². The first-order chi connectivity index (χ1) is 16.5. The molecule has 0 radical (unpaired) electrons. The summed E-state index contributed by atoms with van der Waals surface area (Å²) >= 11 is 6.21. The van der Waals surface area contributed by atoms with Crippen LogP contribution in [0.25, 0.3) is 0 Å². The molecular formula is C25H24ClN3O5. The fourth-order valence-electron chi connectivity index (χ4n) is 2.96. The molecule has 3 aromatic carbocycles. The van der Waals surface area contributed by atoms with Crippen LogP contribution < -0.4 is 25.0 Å². The molecule has 34 heavy (non-hydrogen) atoms. The number of hydrogen-bond donors (Lipinski definition) is 2. The minimum absolute atomic E-state index is 0.203. The molecule has 0 spiro atoms. The molecule has 0 aliphatic rings. The van der Waals surface area contributed by atoms with Gasteiger partial charge in [0, 0.05) is 16.1 Å². The van der Waals surface area contributed by atoms with Crippen LogP contribution in [0.5, 0.6) is 17.2 Å². The first-order valence-corrected chi connectivity index (χ1v) is 10.8. The van der Waals surface area contributed by atoms with E-state index in [1.807, 2.05) is 25.1 Å². The van der Waals surface area contributed by atoms with Gasteiger partial charge < -0.3 is 19.5 Å². The lowest BCUT2D eigenvalue weighted by Crippen LogP contribution is -2.32. The lowest BCUT2D eigenvalue weighted by atomic mass is 10.2. The third-order valence-corrected chi connectivity index (χ3v) is 4.94. The van der Waals surface area contributed by atoms with Gasteiger partial charge in [0.15, 0.2) is 11.5 Å². The van der Waals surface area contributed by atoms with Crippen LogP contribution in [-0.2, 0) is 16.2 Å². The SMILES string of the molecule is CCOc1ccccc1NC(=O)C(=O)N/N=C\c1cccc(OC)c1OCc1ccccc1Cl. The highest BCUT2D eigenvalue weighted by Crippen LogP contribution is 2.31. The van der Waals surface area contributed by atoms with E-state index < -0.39 is 11.8 Å². The van der Waals surface area contributed by atoms with Gasteiger partial charge in [-0.2, -0.15) is 5.10 Å². The number of halogens is 1. The summed E-state index contributed by atoms with van der Waals surface area (Å²) in [6, 6.07) is 19.4. The standard InChI is InChI=1S/C25H24ClN3O5/c1-3-33-21-13-7-6-12-20(21)28-24(30)25(31)29-27-15-17-10-8-14-22(32-2)23(17)34-16-18-9-4-5-11-19(18)26/h4-15H,3,16H2,1-2H3,(H,28,30)(H,29,31)/b27-15-. The lowest BCUT2D eigenvalue weighted by Gasteiger charge is -2.14. The van der Waals surface area contributed by atoms with Crippen molar-refractivity contribution < 1.29 is 23.8 Å². The van der Waals surface area contributed by atoms with Crippen molar-refractivity contribution in [2.24, 2.45) is 5.10 Å². The van der Waals surface area contributed by atoms with Crippen LogP contribution in [0.15, 0.2) is 71.8 Å². The number of nitrogens with zero attached hydrogens (tertiary/aromatic N) is 1. The average molecular weight is 482 g/mol. The number of ether oxygens (including phenoxy) is 3. The zero-order valence-corrected chi connectivity index (χ0v) is 19.5. The summed E-state index contributed by atoms with van der Waals surface area (Å²) < 4.78 is 16.8. The Morgan fingerprint density at radius 3 is 2.44 bits per heavy atom. The van der Waals surface area contributed by atoms with Crippen molar-refractivity contribution in [3.63, 3.8) is 0 Å². The molecule has 2 amide bonds. The minimum atomic E-state index is -0.941. The first kappa shape index (κ1) is 24.6. The van der Waals surface area contributed by atoms with Gasteiger partial charge in [-0.25, -0.2) is 5.43 Å². The van der Waals surface area contributed by atoms with Crippen molar-refractivity contribution in [2.45, 2.75) is 13.5 Å². The predicted molar refractivity (Wildman–Crippen MR) is 131 cm³/mol. The molecule has 0 saturated carbocycles. The molecule has 2 N–H and O–H groups in total. The molecule has 0 saturated heterocycles. The van der Waals surface area contributed by atoms with Crippen LogP contribution in [-0.4, -0.2) is 31.7 Å². The second-order valence-corrected chi connectivity index (χ2v) is 7.25. The molecule has 0 bridgehead atoms. The topological polar surface area (TPSA) is 98.2 Å². The monoisotopic (exact) mass is 481 g/mol. The van der Waals surface area contributed by atoms with Crippen LogP contribution in [0, 0.1) is 0 Å². The predicted octanol–water partition coefficient (Wildman–Crippen LogP) is 4.42. The van der Waals surface area contributed by atoms with E-state index in [-0.39, 0.29) is 6.61 Å². The number of amides is 2. The third-order valence-electron chi connectivity index (χ3n) is 4.57. The Kier molecular flexibility index (Phi) is 8.88. The van der Waals surface area contributed by atoms with Gasteiger partial charge in [-0.05, 0) is 37.3 Å². The van der Waals surface area contributed by atoms with E-state index in [0.29, 0.717) is 40.1 Å². The first-order valence-electron chi connectivity index (χ1n) is 10.4. The van der Waals surface area contributed by atoms with E-state index in [1.54, 1.807) is 48.5 Å². The van der Waals surface area contributed by atoms with E-state index >= 15 is 0 Å². The van der Waals surface area contributed by atoms with Crippen LogP contribution in [0.1, 0.15) is 18.1 Å². The van der Waals surface area contributed by atoms with Gasteiger partial charge in [-0.3, -0.25) is 9.59 Å². The summed E-state index contributed by atoms with van der Waals surface area (Å²) in [5.41, 5.74) is 3.93. The zero-order chi connectivity index (χ0) is 24.3. The fourth-order valence-corrected chi connectivity index (χ4v) is 3.15. The van der Waals surface area contributed by atoms with Crippen molar-refractivity contribution in [1.29, 1.82) is 0 Å². The molecule has 176 valence electrons. The number of rotatable bonds is 9. The van der Waals surface area contributed by atoms with Gasteiger partial charge in [0.25, 0.3) is 0 Å². The third kappa shape index (κ3) is 6.49. The number of benzene rings is 3. The van der Waals surface area contributed by atoms with Crippen LogP contribution in [0.2, 0.25) is 5.02 Å². The number of hydrogen-bond acceptors (Lipinski definition) is 6. The summed E-state index contributed by atoms with van der Waals surface area (Å²) in [7, 11) is 1.52. The largest absolute Gasteiger partial charge is 0.493 e.